The first-order chi connectivity index (χ1) is 8.56. The van der Waals surface area contributed by atoms with E-state index in [0.717, 1.165) is 5.56 Å². The first-order valence-electron chi connectivity index (χ1n) is 6.49. The average Bonchev–Trinajstić information content (AvgIpc) is 2.30. The molecule has 4 heteroatoms. The molecule has 1 aromatic heterocycles. The number of aromatic nitrogens is 1. The van der Waals surface area contributed by atoms with E-state index in [4.69, 9.17) is 4.74 Å². The molecule has 0 aliphatic carbocycles. The lowest BCUT2D eigenvalue weighted by Gasteiger charge is -2.17. The average molecular weight is 254 g/mol. The van der Waals surface area contributed by atoms with Crippen molar-refractivity contribution in [2.45, 2.75) is 46.3 Å². The van der Waals surface area contributed by atoms with Gasteiger partial charge in [-0.05, 0) is 27.0 Å². The first kappa shape index (κ1) is 16.9. The fourth-order valence-electron chi connectivity index (χ4n) is 1.31. The highest BCUT2D eigenvalue weighted by atomic mass is 16.5. The summed E-state index contributed by atoms with van der Waals surface area (Å²) in [6, 6.07) is 1.77. The molecule has 0 saturated heterocycles. The fraction of sp³-hybridized carbons (Fsp3) is 0.643. The highest BCUT2D eigenvalue weighted by molar-refractivity contribution is 5.32. The van der Waals surface area contributed by atoms with Crippen LogP contribution >= 0.6 is 0 Å². The van der Waals surface area contributed by atoms with E-state index in [-0.39, 0.29) is 6.10 Å². The van der Waals surface area contributed by atoms with Crippen molar-refractivity contribution >= 4 is 0 Å². The van der Waals surface area contributed by atoms with Crippen LogP contribution in [0.3, 0.4) is 0 Å². The van der Waals surface area contributed by atoms with Crippen LogP contribution in [0.15, 0.2) is 18.5 Å². The van der Waals surface area contributed by atoms with Gasteiger partial charge in [0, 0.05) is 24.5 Å². The topological polar surface area (TPSA) is 54.4 Å². The van der Waals surface area contributed by atoms with Gasteiger partial charge >= 0.3 is 0 Å². The Bertz CT molecular complexity index is 316. The van der Waals surface area contributed by atoms with Crippen molar-refractivity contribution in [3.8, 4) is 5.75 Å². The second-order valence-corrected chi connectivity index (χ2v) is 4.36. The van der Waals surface area contributed by atoms with Crippen molar-refractivity contribution in [1.29, 1.82) is 0 Å². The molecule has 1 rings (SSSR count). The van der Waals surface area contributed by atoms with Crippen molar-refractivity contribution < 1.29 is 9.84 Å². The summed E-state index contributed by atoms with van der Waals surface area (Å²) in [4.78, 5) is 3.99. The largest absolute Gasteiger partial charge is 0.491 e. The van der Waals surface area contributed by atoms with Crippen LogP contribution in [0.1, 0.15) is 45.8 Å². The van der Waals surface area contributed by atoms with Gasteiger partial charge in [0.05, 0.1) is 12.2 Å². The number of aliphatic hydroxyl groups excluding tert-OH is 1. The number of likely N-dealkylation sites (N-methyl/N-ethyl adjacent to an activating group) is 1. The molecular formula is C14H26N2O2. The highest BCUT2D eigenvalue weighted by Crippen LogP contribution is 2.24. The minimum absolute atomic E-state index is 0.0907. The number of aliphatic hydroxyl groups is 1. The van der Waals surface area contributed by atoms with E-state index in [2.05, 4.69) is 24.1 Å². The normalized spacial score (nSPS) is 11.7. The molecule has 104 valence electrons. The summed E-state index contributed by atoms with van der Waals surface area (Å²) in [5.41, 5.74) is 0.723. The van der Waals surface area contributed by atoms with Gasteiger partial charge < -0.3 is 15.2 Å². The second-order valence-electron chi connectivity index (χ2n) is 4.36. The van der Waals surface area contributed by atoms with Crippen molar-refractivity contribution in [2.75, 3.05) is 13.6 Å². The minimum atomic E-state index is -0.586. The van der Waals surface area contributed by atoms with Crippen molar-refractivity contribution in [1.82, 2.24) is 10.3 Å². The zero-order valence-electron chi connectivity index (χ0n) is 12.1. The first-order valence-corrected chi connectivity index (χ1v) is 6.49. The Morgan fingerprint density at radius 2 is 2.00 bits per heavy atom. The predicted molar refractivity (Wildman–Crippen MR) is 74.9 cm³/mol. The van der Waals surface area contributed by atoms with Gasteiger partial charge in [0.1, 0.15) is 5.75 Å². The summed E-state index contributed by atoms with van der Waals surface area (Å²) < 4.78 is 5.59. The maximum absolute atomic E-state index is 9.83. The van der Waals surface area contributed by atoms with E-state index in [9.17, 15) is 5.11 Å². The molecule has 2 N–H and O–H groups in total. The predicted octanol–water partition coefficient (Wildman–Crippen LogP) is 2.54. The van der Waals surface area contributed by atoms with Crippen LogP contribution in [0.5, 0.6) is 5.75 Å². The molecule has 1 unspecified atom stereocenters. The second kappa shape index (κ2) is 9.85. The van der Waals surface area contributed by atoms with Gasteiger partial charge in [-0.3, -0.25) is 4.98 Å². The third-order valence-electron chi connectivity index (χ3n) is 1.93. The van der Waals surface area contributed by atoms with Crippen LogP contribution in [0.25, 0.3) is 0 Å². The van der Waals surface area contributed by atoms with E-state index in [1.165, 1.54) is 6.42 Å². The Balaban J connectivity index is 0.000000873. The Labute approximate surface area is 110 Å². The molecule has 0 aliphatic heterocycles. The molecule has 0 aromatic carbocycles. The van der Waals surface area contributed by atoms with Crippen LogP contribution in [-0.4, -0.2) is 29.8 Å². The number of ether oxygens (including phenoxy) is 1. The van der Waals surface area contributed by atoms with E-state index in [1.807, 2.05) is 13.8 Å². The molecule has 0 aliphatic rings. The molecule has 0 bridgehead atoms. The van der Waals surface area contributed by atoms with E-state index in [1.54, 1.807) is 25.5 Å². The summed E-state index contributed by atoms with van der Waals surface area (Å²) >= 11 is 0. The lowest BCUT2D eigenvalue weighted by molar-refractivity contribution is 0.165. The Hall–Kier alpha value is -1.13. The lowest BCUT2D eigenvalue weighted by atomic mass is 10.1. The summed E-state index contributed by atoms with van der Waals surface area (Å²) in [6.07, 6.45) is 4.05. The lowest BCUT2D eigenvalue weighted by Crippen LogP contribution is -2.18. The summed E-state index contributed by atoms with van der Waals surface area (Å²) in [7, 11) is 1.79. The van der Waals surface area contributed by atoms with Crippen molar-refractivity contribution in [3.63, 3.8) is 0 Å². The van der Waals surface area contributed by atoms with Gasteiger partial charge in [0.2, 0.25) is 0 Å². The molecule has 0 fully saturated rings. The van der Waals surface area contributed by atoms with E-state index in [0.29, 0.717) is 12.3 Å². The maximum Gasteiger partial charge on any atom is 0.128 e. The monoisotopic (exact) mass is 254 g/mol. The zero-order chi connectivity index (χ0) is 14.0. The Morgan fingerprint density at radius 3 is 2.50 bits per heavy atom. The summed E-state index contributed by atoms with van der Waals surface area (Å²) in [5, 5.41) is 12.7. The van der Waals surface area contributed by atoms with Crippen LogP contribution in [0.2, 0.25) is 0 Å². The standard InChI is InChI=1S/C11H18N2O2.C3H8/c1-8(2)15-11-4-5-13-6-9(11)10(14)7-12-3;1-3-2/h4-6,8,10,12,14H,7H2,1-3H3;3H2,1-2H3. The SMILES string of the molecule is CCC.CNCC(O)c1cnccc1OC(C)C. The minimum Gasteiger partial charge on any atom is -0.491 e. The summed E-state index contributed by atoms with van der Waals surface area (Å²) in [5.74, 6) is 0.697. The van der Waals surface area contributed by atoms with E-state index < -0.39 is 6.10 Å². The highest BCUT2D eigenvalue weighted by Gasteiger charge is 2.13. The molecule has 0 amide bonds. The molecule has 1 aromatic rings. The Morgan fingerprint density at radius 1 is 1.39 bits per heavy atom. The van der Waals surface area contributed by atoms with Gasteiger partial charge in [0.15, 0.2) is 0 Å². The van der Waals surface area contributed by atoms with E-state index >= 15 is 0 Å². The number of hydrogen-bond donors (Lipinski definition) is 2. The van der Waals surface area contributed by atoms with Gasteiger partial charge in [-0.2, -0.15) is 0 Å². The van der Waals surface area contributed by atoms with Crippen LogP contribution in [-0.2, 0) is 0 Å². The van der Waals surface area contributed by atoms with Crippen molar-refractivity contribution in [2.24, 2.45) is 0 Å². The number of rotatable bonds is 5. The summed E-state index contributed by atoms with van der Waals surface area (Å²) in [6.45, 7) is 8.64. The van der Waals surface area contributed by atoms with Gasteiger partial charge in [-0.1, -0.05) is 20.3 Å². The molecule has 1 atom stereocenters. The van der Waals surface area contributed by atoms with Crippen LogP contribution < -0.4 is 10.1 Å². The Kier molecular flexibility index (Phi) is 9.24. The number of pyridine rings is 1. The number of hydrogen-bond acceptors (Lipinski definition) is 4. The van der Waals surface area contributed by atoms with Gasteiger partial charge in [-0.25, -0.2) is 0 Å². The fourth-order valence-corrected chi connectivity index (χ4v) is 1.31. The van der Waals surface area contributed by atoms with Crippen LogP contribution in [0, 0.1) is 0 Å². The third-order valence-corrected chi connectivity index (χ3v) is 1.93. The molecule has 4 nitrogen and oxygen atoms in total. The zero-order valence-corrected chi connectivity index (χ0v) is 12.1. The van der Waals surface area contributed by atoms with Gasteiger partial charge in [-0.15, -0.1) is 0 Å². The molecular weight excluding hydrogens is 228 g/mol. The maximum atomic E-state index is 9.83. The molecule has 1 heterocycles. The number of nitrogens with zero attached hydrogens (tertiary/aromatic N) is 1. The molecule has 0 saturated carbocycles. The smallest absolute Gasteiger partial charge is 0.128 e. The van der Waals surface area contributed by atoms with Crippen LogP contribution in [0.4, 0.5) is 0 Å². The molecule has 0 spiro atoms. The number of nitrogens with one attached hydrogen (secondary N) is 1. The third kappa shape index (κ3) is 6.57. The van der Waals surface area contributed by atoms with Gasteiger partial charge in [0.25, 0.3) is 0 Å². The molecule has 18 heavy (non-hydrogen) atoms. The molecule has 0 radical (unpaired) electrons. The quantitative estimate of drug-likeness (QED) is 0.848. The van der Waals surface area contributed by atoms with Crippen molar-refractivity contribution in [3.05, 3.63) is 24.0 Å².